The van der Waals surface area contributed by atoms with Crippen LogP contribution in [0, 0.1) is 26.6 Å². The molecule has 0 aliphatic rings. The van der Waals surface area contributed by atoms with Gasteiger partial charge in [0, 0.05) is 37.9 Å². The Bertz CT molecular complexity index is 1410. The lowest BCUT2D eigenvalue weighted by atomic mass is 10.1. The third-order valence-corrected chi connectivity index (χ3v) is 6.09. The summed E-state index contributed by atoms with van der Waals surface area (Å²) in [4.78, 5) is 23.8. The molecule has 7 nitrogen and oxygen atoms in total. The molecule has 4 aromatic rings. The first-order valence-corrected chi connectivity index (χ1v) is 11.0. The van der Waals surface area contributed by atoms with E-state index in [2.05, 4.69) is 26.3 Å². The largest absolute Gasteiger partial charge is 0.481 e. The highest BCUT2D eigenvalue weighted by molar-refractivity contribution is 9.10. The van der Waals surface area contributed by atoms with E-state index in [4.69, 9.17) is 9.52 Å². The second-order valence-electron chi connectivity index (χ2n) is 7.83. The van der Waals surface area contributed by atoms with Crippen LogP contribution in [0.15, 0.2) is 45.3 Å². The van der Waals surface area contributed by atoms with Gasteiger partial charge >= 0.3 is 5.97 Å². The van der Waals surface area contributed by atoms with Gasteiger partial charge in [0.15, 0.2) is 5.76 Å². The highest BCUT2D eigenvalue weighted by Gasteiger charge is 2.19. The summed E-state index contributed by atoms with van der Waals surface area (Å²) in [5.41, 5.74) is 3.86. The SMILES string of the molecule is Cc1nn(Cc2ccc(NC(=O)c3oc4ccc(Br)cc4c3C)cc2F)c(C)c1CC(=O)O. The lowest BCUT2D eigenvalue weighted by molar-refractivity contribution is -0.136. The Labute approximate surface area is 197 Å². The third kappa shape index (κ3) is 4.54. The molecule has 0 fully saturated rings. The van der Waals surface area contributed by atoms with Gasteiger partial charge in [-0.1, -0.05) is 22.0 Å². The van der Waals surface area contributed by atoms with Gasteiger partial charge in [-0.15, -0.1) is 0 Å². The molecule has 33 heavy (non-hydrogen) atoms. The van der Waals surface area contributed by atoms with Gasteiger partial charge in [-0.25, -0.2) is 4.39 Å². The molecule has 2 N–H and O–H groups in total. The van der Waals surface area contributed by atoms with Crippen molar-refractivity contribution in [2.75, 3.05) is 5.32 Å². The number of carbonyl (C=O) groups is 2. The molecule has 0 aliphatic carbocycles. The number of aliphatic carboxylic acids is 1. The number of hydrogen-bond acceptors (Lipinski definition) is 4. The average Bonchev–Trinajstić information content (AvgIpc) is 3.21. The number of carboxylic acids is 1. The lowest BCUT2D eigenvalue weighted by Crippen LogP contribution is -2.13. The number of hydrogen-bond donors (Lipinski definition) is 2. The number of amides is 1. The van der Waals surface area contributed by atoms with Crippen LogP contribution < -0.4 is 5.32 Å². The molecule has 0 saturated heterocycles. The van der Waals surface area contributed by atoms with Crippen LogP contribution in [0.3, 0.4) is 0 Å². The molecule has 0 spiro atoms. The van der Waals surface area contributed by atoms with Crippen LogP contribution in [0.1, 0.15) is 38.6 Å². The first kappa shape index (κ1) is 22.7. The first-order valence-electron chi connectivity index (χ1n) is 10.2. The molecular weight excluding hydrogens is 493 g/mol. The smallest absolute Gasteiger partial charge is 0.307 e. The zero-order chi connectivity index (χ0) is 23.9. The molecule has 9 heteroatoms. The van der Waals surface area contributed by atoms with Crippen LogP contribution in [0.25, 0.3) is 11.0 Å². The van der Waals surface area contributed by atoms with Crippen molar-refractivity contribution in [1.29, 1.82) is 0 Å². The summed E-state index contributed by atoms with van der Waals surface area (Å²) >= 11 is 3.41. The molecule has 2 aromatic heterocycles. The zero-order valence-electron chi connectivity index (χ0n) is 18.2. The molecule has 0 saturated carbocycles. The normalized spacial score (nSPS) is 11.2. The van der Waals surface area contributed by atoms with Crippen LogP contribution >= 0.6 is 15.9 Å². The Balaban J connectivity index is 1.53. The fourth-order valence-corrected chi connectivity index (χ4v) is 4.17. The minimum absolute atomic E-state index is 0.136. The fourth-order valence-electron chi connectivity index (χ4n) is 3.81. The summed E-state index contributed by atoms with van der Waals surface area (Å²) in [7, 11) is 0. The number of halogens is 2. The minimum Gasteiger partial charge on any atom is -0.481 e. The van der Waals surface area contributed by atoms with Crippen LogP contribution in [0.2, 0.25) is 0 Å². The zero-order valence-corrected chi connectivity index (χ0v) is 19.8. The van der Waals surface area contributed by atoms with Gasteiger partial charge in [0.1, 0.15) is 11.4 Å². The highest BCUT2D eigenvalue weighted by Crippen LogP contribution is 2.29. The monoisotopic (exact) mass is 513 g/mol. The molecule has 0 unspecified atom stereocenters. The van der Waals surface area contributed by atoms with Crippen molar-refractivity contribution < 1.29 is 23.5 Å². The number of fused-ring (bicyclic) bond motifs is 1. The number of carboxylic acid groups (broad SMARTS) is 1. The van der Waals surface area contributed by atoms with Gasteiger partial charge in [-0.05, 0) is 51.1 Å². The van der Waals surface area contributed by atoms with E-state index in [1.165, 1.54) is 6.07 Å². The van der Waals surface area contributed by atoms with E-state index >= 15 is 0 Å². The predicted octanol–water partition coefficient (Wildman–Crippen LogP) is 5.38. The molecule has 0 radical (unpaired) electrons. The van der Waals surface area contributed by atoms with Crippen molar-refractivity contribution in [3.63, 3.8) is 0 Å². The third-order valence-electron chi connectivity index (χ3n) is 5.59. The molecule has 0 atom stereocenters. The Morgan fingerprint density at radius 2 is 1.94 bits per heavy atom. The number of nitrogens with one attached hydrogen (secondary N) is 1. The molecule has 4 rings (SSSR count). The summed E-state index contributed by atoms with van der Waals surface area (Å²) in [6.45, 7) is 5.43. The minimum atomic E-state index is -0.945. The number of rotatable bonds is 6. The van der Waals surface area contributed by atoms with Crippen LogP contribution in [0.4, 0.5) is 10.1 Å². The Morgan fingerprint density at radius 3 is 2.64 bits per heavy atom. The van der Waals surface area contributed by atoms with E-state index in [0.717, 1.165) is 9.86 Å². The molecule has 1 amide bonds. The molecular formula is C24H21BrFN3O4. The molecule has 2 heterocycles. The number of anilines is 1. The van der Waals surface area contributed by atoms with Crippen molar-refractivity contribution in [2.24, 2.45) is 0 Å². The van der Waals surface area contributed by atoms with E-state index in [1.807, 2.05) is 12.1 Å². The second kappa shape index (κ2) is 8.82. The predicted molar refractivity (Wildman–Crippen MR) is 125 cm³/mol. The van der Waals surface area contributed by atoms with Gasteiger partial charge < -0.3 is 14.8 Å². The van der Waals surface area contributed by atoms with E-state index in [9.17, 15) is 14.0 Å². The van der Waals surface area contributed by atoms with Crippen LogP contribution in [-0.4, -0.2) is 26.8 Å². The van der Waals surface area contributed by atoms with Gasteiger partial charge in [0.05, 0.1) is 18.7 Å². The Hall–Kier alpha value is -3.46. The molecule has 170 valence electrons. The summed E-state index contributed by atoms with van der Waals surface area (Å²) in [5.74, 6) is -1.75. The number of nitrogens with zero attached hydrogens (tertiary/aromatic N) is 2. The Kier molecular flexibility index (Phi) is 6.07. The quantitative estimate of drug-likeness (QED) is 0.360. The average molecular weight is 514 g/mol. The van der Waals surface area contributed by atoms with E-state index in [0.29, 0.717) is 39.3 Å². The van der Waals surface area contributed by atoms with Gasteiger partial charge in [0.2, 0.25) is 0 Å². The summed E-state index contributed by atoms with van der Waals surface area (Å²) in [6.07, 6.45) is -0.136. The molecule has 2 aromatic carbocycles. The maximum Gasteiger partial charge on any atom is 0.307 e. The first-order chi connectivity index (χ1) is 15.6. The second-order valence-corrected chi connectivity index (χ2v) is 8.75. The number of benzene rings is 2. The van der Waals surface area contributed by atoms with Crippen molar-refractivity contribution in [3.05, 3.63) is 80.5 Å². The van der Waals surface area contributed by atoms with E-state index < -0.39 is 17.7 Å². The summed E-state index contributed by atoms with van der Waals surface area (Å²) in [5, 5.41) is 16.9. The van der Waals surface area contributed by atoms with Crippen molar-refractivity contribution in [2.45, 2.75) is 33.7 Å². The topological polar surface area (TPSA) is 97.4 Å². The van der Waals surface area contributed by atoms with Crippen molar-refractivity contribution >= 4 is 44.5 Å². The number of aryl methyl sites for hydroxylation is 2. The highest BCUT2D eigenvalue weighted by atomic mass is 79.9. The standard InChI is InChI=1S/C24H21BrFN3O4/c1-12-18-8-16(25)5-7-21(18)33-23(12)24(32)27-17-6-4-15(20(26)9-17)11-29-14(3)19(10-22(30)31)13(2)28-29/h4-9H,10-11H2,1-3H3,(H,27,32)(H,30,31). The van der Waals surface area contributed by atoms with Gasteiger partial charge in [-0.2, -0.15) is 5.10 Å². The molecule has 0 bridgehead atoms. The number of furan rings is 1. The maximum absolute atomic E-state index is 14.8. The van der Waals surface area contributed by atoms with Gasteiger partial charge in [0.25, 0.3) is 5.91 Å². The van der Waals surface area contributed by atoms with Crippen LogP contribution in [-0.2, 0) is 17.8 Å². The van der Waals surface area contributed by atoms with Crippen molar-refractivity contribution in [1.82, 2.24) is 9.78 Å². The van der Waals surface area contributed by atoms with E-state index in [1.54, 1.807) is 43.7 Å². The maximum atomic E-state index is 14.8. The number of carbonyl (C=O) groups excluding carboxylic acids is 1. The summed E-state index contributed by atoms with van der Waals surface area (Å²) in [6, 6.07) is 9.90. The van der Waals surface area contributed by atoms with Crippen molar-refractivity contribution in [3.8, 4) is 0 Å². The fraction of sp³-hybridized carbons (Fsp3) is 0.208. The lowest BCUT2D eigenvalue weighted by Gasteiger charge is -2.09. The number of aromatic nitrogens is 2. The van der Waals surface area contributed by atoms with E-state index in [-0.39, 0.29) is 18.7 Å². The van der Waals surface area contributed by atoms with Crippen LogP contribution in [0.5, 0.6) is 0 Å². The molecule has 0 aliphatic heterocycles. The Morgan fingerprint density at radius 1 is 1.18 bits per heavy atom. The summed E-state index contributed by atoms with van der Waals surface area (Å²) < 4.78 is 23.0. The van der Waals surface area contributed by atoms with Gasteiger partial charge in [-0.3, -0.25) is 14.3 Å².